The molecule has 4 rings (SSSR count). The second kappa shape index (κ2) is 8.22. The van der Waals surface area contributed by atoms with Crippen LogP contribution in [0.1, 0.15) is 11.1 Å². The maximum atomic E-state index is 13.1. The van der Waals surface area contributed by atoms with Gasteiger partial charge in [0.25, 0.3) is 0 Å². The minimum atomic E-state index is -3.64. The first-order valence-corrected chi connectivity index (χ1v) is 11.2. The Hall–Kier alpha value is -2.29. The van der Waals surface area contributed by atoms with Crippen molar-refractivity contribution in [2.45, 2.75) is 17.9 Å². The molecule has 2 heterocycles. The first kappa shape index (κ1) is 20.0. The SMILES string of the molecule is O=C(CN1CCN(S(=O)(=O)c2ccc(F)cc2)CC1)N1CCc2ccccc2C1. The van der Waals surface area contributed by atoms with Crippen molar-refractivity contribution in [3.05, 3.63) is 65.5 Å². The van der Waals surface area contributed by atoms with E-state index in [1.54, 1.807) is 0 Å². The van der Waals surface area contributed by atoms with E-state index in [1.807, 2.05) is 21.9 Å². The zero-order chi connectivity index (χ0) is 20.4. The van der Waals surface area contributed by atoms with Crippen LogP contribution in [0.5, 0.6) is 0 Å². The molecule has 0 radical (unpaired) electrons. The van der Waals surface area contributed by atoms with Gasteiger partial charge in [-0.1, -0.05) is 24.3 Å². The molecule has 1 fully saturated rings. The second-order valence-electron chi connectivity index (χ2n) is 7.47. The molecule has 0 aromatic heterocycles. The van der Waals surface area contributed by atoms with E-state index in [0.717, 1.165) is 25.1 Å². The average Bonchev–Trinajstić information content (AvgIpc) is 2.74. The fraction of sp³-hybridized carbons (Fsp3) is 0.381. The van der Waals surface area contributed by atoms with Crippen LogP contribution < -0.4 is 0 Å². The highest BCUT2D eigenvalue weighted by Gasteiger charge is 2.30. The summed E-state index contributed by atoms with van der Waals surface area (Å²) >= 11 is 0. The van der Waals surface area contributed by atoms with E-state index in [2.05, 4.69) is 12.1 Å². The number of piperazine rings is 1. The van der Waals surface area contributed by atoms with Crippen molar-refractivity contribution in [1.82, 2.24) is 14.1 Å². The number of amides is 1. The number of nitrogens with zero attached hydrogens (tertiary/aromatic N) is 3. The molecular weight excluding hydrogens is 393 g/mol. The molecule has 29 heavy (non-hydrogen) atoms. The van der Waals surface area contributed by atoms with Crippen LogP contribution in [0.2, 0.25) is 0 Å². The number of hydrogen-bond donors (Lipinski definition) is 0. The van der Waals surface area contributed by atoms with Gasteiger partial charge in [0, 0.05) is 39.3 Å². The predicted octanol–water partition coefficient (Wildman–Crippen LogP) is 1.72. The fourth-order valence-electron chi connectivity index (χ4n) is 3.88. The zero-order valence-corrected chi connectivity index (χ0v) is 16.9. The number of halogens is 1. The third-order valence-corrected chi connectivity index (χ3v) is 7.54. The summed E-state index contributed by atoms with van der Waals surface area (Å²) in [5.74, 6) is -0.387. The molecule has 0 atom stereocenters. The Bertz CT molecular complexity index is 986. The predicted molar refractivity (Wildman–Crippen MR) is 107 cm³/mol. The van der Waals surface area contributed by atoms with E-state index in [0.29, 0.717) is 39.3 Å². The van der Waals surface area contributed by atoms with Crippen molar-refractivity contribution in [3.63, 3.8) is 0 Å². The lowest BCUT2D eigenvalue weighted by atomic mass is 10.00. The third kappa shape index (κ3) is 4.34. The van der Waals surface area contributed by atoms with Crippen molar-refractivity contribution in [1.29, 1.82) is 0 Å². The third-order valence-electron chi connectivity index (χ3n) is 5.62. The van der Waals surface area contributed by atoms with Gasteiger partial charge >= 0.3 is 0 Å². The van der Waals surface area contributed by atoms with Gasteiger partial charge in [-0.3, -0.25) is 9.69 Å². The smallest absolute Gasteiger partial charge is 0.243 e. The molecule has 0 N–H and O–H groups in total. The first-order chi connectivity index (χ1) is 13.9. The summed E-state index contributed by atoms with van der Waals surface area (Å²) in [7, 11) is -3.64. The fourth-order valence-corrected chi connectivity index (χ4v) is 5.31. The molecule has 2 aromatic rings. The van der Waals surface area contributed by atoms with Crippen LogP contribution in [0.3, 0.4) is 0 Å². The molecule has 8 heteroatoms. The Morgan fingerprint density at radius 1 is 0.897 bits per heavy atom. The maximum Gasteiger partial charge on any atom is 0.243 e. The van der Waals surface area contributed by atoms with Gasteiger partial charge in [0.05, 0.1) is 11.4 Å². The van der Waals surface area contributed by atoms with Crippen molar-refractivity contribution in [3.8, 4) is 0 Å². The standard InChI is InChI=1S/C21H24FN3O3S/c22-19-5-7-20(8-6-19)29(27,28)25-13-11-23(12-14-25)16-21(26)24-10-9-17-3-1-2-4-18(17)15-24/h1-8H,9-16H2. The zero-order valence-electron chi connectivity index (χ0n) is 16.1. The second-order valence-corrected chi connectivity index (χ2v) is 9.41. The molecule has 0 bridgehead atoms. The number of sulfonamides is 1. The Morgan fingerprint density at radius 2 is 1.55 bits per heavy atom. The van der Waals surface area contributed by atoms with Crippen LogP contribution in [0.4, 0.5) is 4.39 Å². The van der Waals surface area contributed by atoms with Crippen molar-refractivity contribution in [2.75, 3.05) is 39.3 Å². The Balaban J connectivity index is 1.32. The topological polar surface area (TPSA) is 60.9 Å². The summed E-state index contributed by atoms with van der Waals surface area (Å²) < 4.78 is 39.9. The van der Waals surface area contributed by atoms with Gasteiger partial charge in [0.2, 0.25) is 15.9 Å². The highest BCUT2D eigenvalue weighted by molar-refractivity contribution is 7.89. The van der Waals surface area contributed by atoms with Gasteiger partial charge in [-0.2, -0.15) is 4.31 Å². The summed E-state index contributed by atoms with van der Waals surface area (Å²) in [6, 6.07) is 13.1. The highest BCUT2D eigenvalue weighted by Crippen LogP contribution is 2.20. The van der Waals surface area contributed by atoms with Crippen LogP contribution in [0.15, 0.2) is 53.4 Å². The van der Waals surface area contributed by atoms with Crippen LogP contribution in [0.25, 0.3) is 0 Å². The quantitative estimate of drug-likeness (QED) is 0.760. The van der Waals surface area contributed by atoms with Gasteiger partial charge < -0.3 is 4.90 Å². The van der Waals surface area contributed by atoms with Gasteiger partial charge in [-0.25, -0.2) is 12.8 Å². The van der Waals surface area contributed by atoms with Crippen LogP contribution >= 0.6 is 0 Å². The number of carbonyl (C=O) groups is 1. The Labute approximate surface area is 170 Å². The van der Waals surface area contributed by atoms with Crippen molar-refractivity contribution < 1.29 is 17.6 Å². The van der Waals surface area contributed by atoms with Gasteiger partial charge in [0.15, 0.2) is 0 Å². The first-order valence-electron chi connectivity index (χ1n) is 9.76. The molecule has 154 valence electrons. The van der Waals surface area contributed by atoms with Gasteiger partial charge in [-0.15, -0.1) is 0 Å². The minimum Gasteiger partial charge on any atom is -0.337 e. The lowest BCUT2D eigenvalue weighted by Gasteiger charge is -2.35. The summed E-state index contributed by atoms with van der Waals surface area (Å²) in [6.07, 6.45) is 0.867. The van der Waals surface area contributed by atoms with Crippen LogP contribution in [-0.4, -0.2) is 67.7 Å². The highest BCUT2D eigenvalue weighted by atomic mass is 32.2. The van der Waals surface area contributed by atoms with E-state index in [4.69, 9.17) is 0 Å². The maximum absolute atomic E-state index is 13.1. The van der Waals surface area contributed by atoms with Crippen molar-refractivity contribution >= 4 is 15.9 Å². The van der Waals surface area contributed by atoms with E-state index >= 15 is 0 Å². The molecule has 6 nitrogen and oxygen atoms in total. The van der Waals surface area contributed by atoms with E-state index < -0.39 is 15.8 Å². The minimum absolute atomic E-state index is 0.0781. The van der Waals surface area contributed by atoms with Gasteiger partial charge in [-0.05, 0) is 41.8 Å². The molecular formula is C21H24FN3O3S. The molecule has 0 spiro atoms. The molecule has 2 aromatic carbocycles. The van der Waals surface area contributed by atoms with E-state index in [1.165, 1.54) is 27.6 Å². The molecule has 2 aliphatic heterocycles. The molecule has 1 saturated heterocycles. The lowest BCUT2D eigenvalue weighted by molar-refractivity contribution is -0.133. The van der Waals surface area contributed by atoms with Crippen molar-refractivity contribution in [2.24, 2.45) is 0 Å². The van der Waals surface area contributed by atoms with Crippen LogP contribution in [-0.2, 0) is 27.8 Å². The normalized spacial score (nSPS) is 18.4. The summed E-state index contributed by atoms with van der Waals surface area (Å²) in [5.41, 5.74) is 2.50. The van der Waals surface area contributed by atoms with E-state index in [9.17, 15) is 17.6 Å². The molecule has 0 unspecified atom stereocenters. The number of carbonyl (C=O) groups excluding carboxylic acids is 1. The molecule has 1 amide bonds. The average molecular weight is 418 g/mol. The number of benzene rings is 2. The molecule has 0 aliphatic carbocycles. The Morgan fingerprint density at radius 3 is 2.24 bits per heavy atom. The summed E-state index contributed by atoms with van der Waals surface area (Å²) in [6.45, 7) is 3.27. The molecule has 2 aliphatic rings. The monoisotopic (exact) mass is 417 g/mol. The molecule has 0 saturated carbocycles. The summed E-state index contributed by atoms with van der Waals surface area (Å²) in [4.78, 5) is 16.7. The lowest BCUT2D eigenvalue weighted by Crippen LogP contribution is -2.51. The van der Waals surface area contributed by atoms with Gasteiger partial charge in [0.1, 0.15) is 5.82 Å². The number of rotatable bonds is 4. The number of fused-ring (bicyclic) bond motifs is 1. The summed E-state index contributed by atoms with van der Waals surface area (Å²) in [5, 5.41) is 0. The Kier molecular flexibility index (Phi) is 5.67. The van der Waals surface area contributed by atoms with Crippen LogP contribution in [0, 0.1) is 5.82 Å². The number of hydrogen-bond acceptors (Lipinski definition) is 4. The largest absolute Gasteiger partial charge is 0.337 e. The van der Waals surface area contributed by atoms with E-state index in [-0.39, 0.29) is 10.8 Å².